The Morgan fingerprint density at radius 3 is 2.46 bits per heavy atom. The van der Waals surface area contributed by atoms with Crippen molar-refractivity contribution in [2.45, 2.75) is 0 Å². The molecule has 0 amide bonds. The Labute approximate surface area is 146 Å². The highest BCUT2D eigenvalue weighted by Crippen LogP contribution is 2.29. The summed E-state index contributed by atoms with van der Waals surface area (Å²) in [5.74, 6) is -1.78. The Morgan fingerprint density at radius 1 is 1.12 bits per heavy atom. The first-order valence-electron chi connectivity index (χ1n) is 7.46. The van der Waals surface area contributed by atoms with Crippen LogP contribution in [-0.4, -0.2) is 31.9 Å². The van der Waals surface area contributed by atoms with E-state index in [0.717, 1.165) is 0 Å². The van der Waals surface area contributed by atoms with E-state index in [-0.39, 0.29) is 16.8 Å². The van der Waals surface area contributed by atoms with Gasteiger partial charge in [-0.1, -0.05) is 36.4 Å². The van der Waals surface area contributed by atoms with Crippen LogP contribution >= 0.6 is 0 Å². The molecule has 5 N–H and O–H groups in total. The Balaban J connectivity index is 2.07. The summed E-state index contributed by atoms with van der Waals surface area (Å²) in [6.07, 6.45) is 5.65. The molecule has 0 radical (unpaired) electrons. The Bertz CT molecular complexity index is 1130. The zero-order valence-electron chi connectivity index (χ0n) is 13.2. The number of aromatic amines is 2. The van der Waals surface area contributed by atoms with Crippen molar-refractivity contribution in [3.63, 3.8) is 0 Å². The second-order valence-electron chi connectivity index (χ2n) is 5.44. The number of benzene rings is 1. The summed E-state index contributed by atoms with van der Waals surface area (Å²) < 4.78 is 0. The van der Waals surface area contributed by atoms with Crippen LogP contribution in [0.2, 0.25) is 0 Å². The molecule has 3 rings (SSSR count). The van der Waals surface area contributed by atoms with Crippen LogP contribution in [0.25, 0.3) is 11.6 Å². The van der Waals surface area contributed by atoms with Crippen LogP contribution in [0.5, 0.6) is 5.88 Å². The quantitative estimate of drug-likeness (QED) is 0.565. The number of carboxylic acid groups (broad SMARTS) is 1. The van der Waals surface area contributed by atoms with Crippen LogP contribution < -0.4 is 11.2 Å². The maximum absolute atomic E-state index is 11.7. The fourth-order valence-corrected chi connectivity index (χ4v) is 2.60. The van der Waals surface area contributed by atoms with Gasteiger partial charge in [-0.3, -0.25) is 20.2 Å². The highest BCUT2D eigenvalue weighted by molar-refractivity contribution is 6.29. The van der Waals surface area contributed by atoms with E-state index in [0.29, 0.717) is 16.7 Å². The minimum Gasteiger partial charge on any atom is -0.494 e. The van der Waals surface area contributed by atoms with E-state index < -0.39 is 23.1 Å². The predicted octanol–water partition coefficient (Wildman–Crippen LogP) is 1.26. The van der Waals surface area contributed by atoms with E-state index in [9.17, 15) is 24.6 Å². The van der Waals surface area contributed by atoms with Crippen molar-refractivity contribution >= 4 is 23.3 Å². The number of nitrogens with one attached hydrogen (secondary N) is 3. The van der Waals surface area contributed by atoms with Crippen LogP contribution in [0, 0.1) is 5.41 Å². The number of hydrogen-bond acceptors (Lipinski definition) is 5. The minimum absolute atomic E-state index is 0.0797. The van der Waals surface area contributed by atoms with Gasteiger partial charge in [-0.2, -0.15) is 0 Å². The number of rotatable bonds is 3. The van der Waals surface area contributed by atoms with Crippen LogP contribution in [0.3, 0.4) is 0 Å². The van der Waals surface area contributed by atoms with Gasteiger partial charge in [0, 0.05) is 5.56 Å². The highest BCUT2D eigenvalue weighted by Gasteiger charge is 2.23. The van der Waals surface area contributed by atoms with E-state index in [1.54, 1.807) is 30.3 Å². The third-order valence-corrected chi connectivity index (χ3v) is 3.80. The standard InChI is InChI=1S/C18H13N3O5/c19-14-11-6-2-1-5-10(11)9(8-13(14)17(24)25)4-3-7-12-15(22)20-18(26)21-16(12)23/h1-8,19H,(H,24,25)(H3,20,21,22,23,26)/b7-3+,9-4+,19-14?. The van der Waals surface area contributed by atoms with Crippen molar-refractivity contribution in [2.75, 3.05) is 0 Å². The molecule has 0 saturated carbocycles. The average molecular weight is 351 g/mol. The summed E-state index contributed by atoms with van der Waals surface area (Å²) in [5.41, 5.74) is -0.253. The molecule has 1 aliphatic rings. The van der Waals surface area contributed by atoms with Crippen molar-refractivity contribution in [1.29, 1.82) is 5.41 Å². The summed E-state index contributed by atoms with van der Waals surface area (Å²) in [4.78, 5) is 38.2. The molecular weight excluding hydrogens is 338 g/mol. The molecule has 26 heavy (non-hydrogen) atoms. The van der Waals surface area contributed by atoms with Crippen molar-refractivity contribution in [3.8, 4) is 5.88 Å². The molecule has 1 heterocycles. The van der Waals surface area contributed by atoms with Crippen LogP contribution in [0.1, 0.15) is 16.7 Å². The molecule has 1 aromatic heterocycles. The number of hydrogen-bond donors (Lipinski definition) is 5. The Hall–Kier alpha value is -3.94. The lowest BCUT2D eigenvalue weighted by Crippen LogP contribution is -2.23. The van der Waals surface area contributed by atoms with Gasteiger partial charge in [0.1, 0.15) is 0 Å². The van der Waals surface area contributed by atoms with Gasteiger partial charge < -0.3 is 10.2 Å². The van der Waals surface area contributed by atoms with Crippen molar-refractivity contribution < 1.29 is 15.0 Å². The van der Waals surface area contributed by atoms with Gasteiger partial charge in [-0.25, -0.2) is 9.59 Å². The van der Waals surface area contributed by atoms with E-state index in [1.165, 1.54) is 18.2 Å². The van der Waals surface area contributed by atoms with Crippen LogP contribution in [-0.2, 0) is 4.79 Å². The zero-order valence-corrected chi connectivity index (χ0v) is 13.2. The van der Waals surface area contributed by atoms with Crippen molar-refractivity contribution in [3.05, 3.63) is 85.6 Å². The normalized spacial score (nSPS) is 15.2. The van der Waals surface area contributed by atoms with Crippen molar-refractivity contribution in [2.24, 2.45) is 0 Å². The van der Waals surface area contributed by atoms with Gasteiger partial charge in [-0.15, -0.1) is 0 Å². The molecular formula is C18H13N3O5. The Morgan fingerprint density at radius 2 is 1.81 bits per heavy atom. The van der Waals surface area contributed by atoms with Gasteiger partial charge in [0.2, 0.25) is 5.88 Å². The zero-order chi connectivity index (χ0) is 18.8. The second kappa shape index (κ2) is 6.52. The monoisotopic (exact) mass is 351 g/mol. The average Bonchev–Trinajstić information content (AvgIpc) is 2.58. The molecule has 8 heteroatoms. The largest absolute Gasteiger partial charge is 0.494 e. The van der Waals surface area contributed by atoms with Gasteiger partial charge in [0.15, 0.2) is 0 Å². The first-order valence-corrected chi connectivity index (χ1v) is 7.46. The molecule has 0 spiro atoms. The molecule has 0 unspecified atom stereocenters. The molecule has 0 saturated heterocycles. The number of aliphatic carboxylic acids is 1. The fraction of sp³-hybridized carbons (Fsp3) is 0. The lowest BCUT2D eigenvalue weighted by atomic mass is 9.86. The van der Waals surface area contributed by atoms with Gasteiger partial charge in [-0.05, 0) is 23.3 Å². The highest BCUT2D eigenvalue weighted by atomic mass is 16.4. The minimum atomic E-state index is -1.21. The van der Waals surface area contributed by atoms with Crippen molar-refractivity contribution in [1.82, 2.24) is 9.97 Å². The maximum Gasteiger partial charge on any atom is 0.337 e. The summed E-state index contributed by atoms with van der Waals surface area (Å²) >= 11 is 0. The van der Waals surface area contributed by atoms with Gasteiger partial charge >= 0.3 is 11.7 Å². The van der Waals surface area contributed by atoms with E-state index in [4.69, 9.17) is 5.41 Å². The third-order valence-electron chi connectivity index (χ3n) is 3.80. The number of aromatic nitrogens is 2. The maximum atomic E-state index is 11.7. The predicted molar refractivity (Wildman–Crippen MR) is 95.3 cm³/mol. The third kappa shape index (κ3) is 3.03. The first-order chi connectivity index (χ1) is 12.4. The SMILES string of the molecule is N=C1C(C(=O)O)=C/C(=C\C=C\c2c(O)[nH]c(=O)[nH]c2=O)c2ccccc21. The molecule has 1 aromatic carbocycles. The lowest BCUT2D eigenvalue weighted by Gasteiger charge is -2.17. The van der Waals surface area contributed by atoms with Gasteiger partial charge in [0.25, 0.3) is 5.56 Å². The van der Waals surface area contributed by atoms with Gasteiger partial charge in [0.05, 0.1) is 16.8 Å². The molecule has 0 atom stereocenters. The Kier molecular flexibility index (Phi) is 4.24. The van der Waals surface area contributed by atoms with E-state index in [1.807, 2.05) is 4.98 Å². The van der Waals surface area contributed by atoms with E-state index in [2.05, 4.69) is 4.98 Å². The lowest BCUT2D eigenvalue weighted by molar-refractivity contribution is -0.132. The summed E-state index contributed by atoms with van der Waals surface area (Å²) in [5, 5.41) is 27.0. The number of allylic oxidation sites excluding steroid dienone is 4. The smallest absolute Gasteiger partial charge is 0.337 e. The number of fused-ring (bicyclic) bond motifs is 1. The number of carbonyl (C=O) groups is 1. The fourth-order valence-electron chi connectivity index (χ4n) is 2.60. The molecule has 8 nitrogen and oxygen atoms in total. The number of H-pyrrole nitrogens is 2. The van der Waals surface area contributed by atoms with Crippen LogP contribution in [0.15, 0.2) is 57.7 Å². The summed E-state index contributed by atoms with van der Waals surface area (Å²) in [7, 11) is 0. The molecule has 2 aromatic rings. The molecule has 0 fully saturated rings. The molecule has 130 valence electrons. The molecule has 0 aliphatic heterocycles. The first kappa shape index (κ1) is 16.9. The molecule has 1 aliphatic carbocycles. The summed E-state index contributed by atoms with van der Waals surface area (Å²) in [6, 6.07) is 6.89. The number of carboxylic acids is 1. The van der Waals surface area contributed by atoms with E-state index >= 15 is 0 Å². The second-order valence-corrected chi connectivity index (χ2v) is 5.44. The molecule has 0 bridgehead atoms. The topological polar surface area (TPSA) is 147 Å². The summed E-state index contributed by atoms with van der Waals surface area (Å²) in [6.45, 7) is 0. The number of aromatic hydroxyl groups is 1. The van der Waals surface area contributed by atoms with Crippen LogP contribution in [0.4, 0.5) is 0 Å².